The van der Waals surface area contributed by atoms with Crippen molar-refractivity contribution in [3.05, 3.63) is 76.9 Å². The van der Waals surface area contributed by atoms with Crippen molar-refractivity contribution in [2.75, 3.05) is 13.1 Å². The van der Waals surface area contributed by atoms with E-state index in [2.05, 4.69) is 79.5 Å². The highest BCUT2D eigenvalue weighted by Gasteiger charge is 2.13. The summed E-state index contributed by atoms with van der Waals surface area (Å²) in [6.45, 7) is 10.6. The maximum absolute atomic E-state index is 12.2. The predicted octanol–water partition coefficient (Wildman–Crippen LogP) is 4.91. The first-order valence-electron chi connectivity index (χ1n) is 10.3. The van der Waals surface area contributed by atoms with Gasteiger partial charge in [0.05, 0.1) is 0 Å². The first kappa shape index (κ1) is 20.3. The molecule has 1 amide bonds. The first-order valence-corrected chi connectivity index (χ1v) is 10.3. The number of nitrogens with zero attached hydrogens (tertiary/aromatic N) is 1. The third-order valence-corrected chi connectivity index (χ3v) is 5.27. The smallest absolute Gasteiger partial charge is 0.244 e. The number of likely N-dealkylation sites (tertiary alicyclic amines) is 1. The van der Waals surface area contributed by atoms with Gasteiger partial charge in [-0.15, -0.1) is 0 Å². The number of nitrogens with one attached hydrogen (secondary N) is 1. The molecule has 1 N–H and O–H groups in total. The summed E-state index contributed by atoms with van der Waals surface area (Å²) in [6, 6.07) is 16.9. The molecule has 0 atom stereocenters. The van der Waals surface area contributed by atoms with Gasteiger partial charge in [-0.1, -0.05) is 69.3 Å². The Balaban J connectivity index is 1.50. The van der Waals surface area contributed by atoms with Gasteiger partial charge in [-0.3, -0.25) is 9.69 Å². The molecule has 0 bridgehead atoms. The van der Waals surface area contributed by atoms with Crippen LogP contribution in [0.25, 0.3) is 6.08 Å². The van der Waals surface area contributed by atoms with Gasteiger partial charge in [-0.2, -0.15) is 0 Å². The van der Waals surface area contributed by atoms with Crippen LogP contribution in [0.15, 0.2) is 54.6 Å². The maximum atomic E-state index is 12.2. The second kappa shape index (κ2) is 9.20. The monoisotopic (exact) mass is 376 g/mol. The molecule has 1 saturated heterocycles. The van der Waals surface area contributed by atoms with Gasteiger partial charge in [0.2, 0.25) is 5.91 Å². The van der Waals surface area contributed by atoms with Gasteiger partial charge >= 0.3 is 0 Å². The fraction of sp³-hybridized carbons (Fsp3) is 0.400. The van der Waals surface area contributed by atoms with Crippen LogP contribution in [0.3, 0.4) is 0 Å². The summed E-state index contributed by atoms with van der Waals surface area (Å²) >= 11 is 0. The van der Waals surface area contributed by atoms with Crippen molar-refractivity contribution >= 4 is 12.0 Å². The molecule has 1 heterocycles. The number of benzene rings is 2. The SMILES string of the molecule is CC(C)(C)c1ccc(/C=C/C(=O)NCc2cccc(CN3CCCC3)c2)cc1. The Hall–Kier alpha value is -2.39. The molecule has 2 aromatic carbocycles. The Morgan fingerprint density at radius 1 is 1.04 bits per heavy atom. The summed E-state index contributed by atoms with van der Waals surface area (Å²) in [7, 11) is 0. The van der Waals surface area contributed by atoms with Gasteiger partial charge in [0.25, 0.3) is 0 Å². The maximum Gasteiger partial charge on any atom is 0.244 e. The lowest BCUT2D eigenvalue weighted by Gasteiger charge is -2.18. The Morgan fingerprint density at radius 3 is 2.39 bits per heavy atom. The molecule has 1 aliphatic heterocycles. The van der Waals surface area contributed by atoms with E-state index in [4.69, 9.17) is 0 Å². The molecule has 28 heavy (non-hydrogen) atoms. The number of hydrogen-bond acceptors (Lipinski definition) is 2. The van der Waals surface area contributed by atoms with Crippen LogP contribution >= 0.6 is 0 Å². The second-order valence-electron chi connectivity index (χ2n) is 8.73. The van der Waals surface area contributed by atoms with E-state index in [0.29, 0.717) is 6.54 Å². The average Bonchev–Trinajstić information content (AvgIpc) is 3.18. The molecule has 0 spiro atoms. The molecule has 0 aliphatic carbocycles. The fourth-order valence-corrected chi connectivity index (χ4v) is 3.55. The molecule has 1 aliphatic rings. The highest BCUT2D eigenvalue weighted by molar-refractivity contribution is 5.91. The van der Waals surface area contributed by atoms with E-state index in [-0.39, 0.29) is 11.3 Å². The van der Waals surface area contributed by atoms with E-state index in [1.165, 1.54) is 37.1 Å². The lowest BCUT2D eigenvalue weighted by atomic mass is 9.87. The molecule has 0 saturated carbocycles. The van der Waals surface area contributed by atoms with Crippen molar-refractivity contribution in [1.29, 1.82) is 0 Å². The van der Waals surface area contributed by atoms with Crippen LogP contribution < -0.4 is 5.32 Å². The van der Waals surface area contributed by atoms with Gasteiger partial charge in [0.1, 0.15) is 0 Å². The molecule has 3 nitrogen and oxygen atoms in total. The summed E-state index contributed by atoms with van der Waals surface area (Å²) in [5.41, 5.74) is 4.94. The number of hydrogen-bond donors (Lipinski definition) is 1. The molecule has 148 valence electrons. The van der Waals surface area contributed by atoms with Crippen LogP contribution in [0.2, 0.25) is 0 Å². The minimum absolute atomic E-state index is 0.0650. The largest absolute Gasteiger partial charge is 0.348 e. The number of amides is 1. The number of carbonyl (C=O) groups excluding carboxylic acids is 1. The zero-order chi connectivity index (χ0) is 20.0. The molecule has 2 aromatic rings. The van der Waals surface area contributed by atoms with Gasteiger partial charge in [0, 0.05) is 19.2 Å². The lowest BCUT2D eigenvalue weighted by Crippen LogP contribution is -2.21. The molecule has 0 unspecified atom stereocenters. The van der Waals surface area contributed by atoms with E-state index >= 15 is 0 Å². The molecule has 0 aromatic heterocycles. The Bertz CT molecular complexity index is 809. The Kier molecular flexibility index (Phi) is 6.69. The van der Waals surface area contributed by atoms with Crippen molar-refractivity contribution in [3.8, 4) is 0 Å². The van der Waals surface area contributed by atoms with Crippen LogP contribution in [0.4, 0.5) is 0 Å². The normalized spacial score (nSPS) is 15.2. The van der Waals surface area contributed by atoms with Crippen LogP contribution in [0, 0.1) is 0 Å². The van der Waals surface area contributed by atoms with Crippen molar-refractivity contribution < 1.29 is 4.79 Å². The lowest BCUT2D eigenvalue weighted by molar-refractivity contribution is -0.116. The first-order chi connectivity index (χ1) is 13.4. The minimum Gasteiger partial charge on any atom is -0.348 e. The van der Waals surface area contributed by atoms with Gasteiger partial charge < -0.3 is 5.32 Å². The zero-order valence-electron chi connectivity index (χ0n) is 17.4. The van der Waals surface area contributed by atoms with Crippen LogP contribution in [-0.4, -0.2) is 23.9 Å². The number of rotatable bonds is 6. The molecule has 3 rings (SSSR count). The molecule has 3 heteroatoms. The standard InChI is InChI=1S/C25H32N2O/c1-25(2,3)23-12-9-20(10-13-23)11-14-24(28)26-18-21-7-6-8-22(17-21)19-27-15-4-5-16-27/h6-14,17H,4-5,15-16,18-19H2,1-3H3,(H,26,28)/b14-11+. The second-order valence-corrected chi connectivity index (χ2v) is 8.73. The summed E-state index contributed by atoms with van der Waals surface area (Å²) < 4.78 is 0. The van der Waals surface area contributed by atoms with Crippen molar-refractivity contribution in [2.24, 2.45) is 0 Å². The Labute approximate surface area is 169 Å². The van der Waals surface area contributed by atoms with Gasteiger partial charge in [-0.25, -0.2) is 0 Å². The summed E-state index contributed by atoms with van der Waals surface area (Å²) in [4.78, 5) is 14.7. The summed E-state index contributed by atoms with van der Waals surface area (Å²) in [5, 5.41) is 2.99. The van der Waals surface area contributed by atoms with E-state index in [9.17, 15) is 4.79 Å². The van der Waals surface area contributed by atoms with Crippen LogP contribution in [0.5, 0.6) is 0 Å². The van der Waals surface area contributed by atoms with Crippen molar-refractivity contribution in [3.63, 3.8) is 0 Å². The highest BCUT2D eigenvalue weighted by Crippen LogP contribution is 2.22. The highest BCUT2D eigenvalue weighted by atomic mass is 16.1. The van der Waals surface area contributed by atoms with E-state index in [1.807, 2.05) is 6.08 Å². The minimum atomic E-state index is -0.0650. The van der Waals surface area contributed by atoms with E-state index in [0.717, 1.165) is 17.7 Å². The average molecular weight is 377 g/mol. The van der Waals surface area contributed by atoms with Crippen molar-refractivity contribution in [2.45, 2.75) is 52.1 Å². The third kappa shape index (κ3) is 6.07. The van der Waals surface area contributed by atoms with Crippen LogP contribution in [-0.2, 0) is 23.3 Å². The molecular formula is C25H32N2O. The van der Waals surface area contributed by atoms with E-state index < -0.39 is 0 Å². The number of carbonyl (C=O) groups is 1. The Morgan fingerprint density at radius 2 is 1.71 bits per heavy atom. The zero-order valence-corrected chi connectivity index (χ0v) is 17.4. The molecule has 1 fully saturated rings. The molecular weight excluding hydrogens is 344 g/mol. The van der Waals surface area contributed by atoms with Gasteiger partial charge in [-0.05, 0) is 59.7 Å². The van der Waals surface area contributed by atoms with Crippen LogP contribution in [0.1, 0.15) is 55.9 Å². The van der Waals surface area contributed by atoms with E-state index in [1.54, 1.807) is 6.08 Å². The summed E-state index contributed by atoms with van der Waals surface area (Å²) in [5.74, 6) is -0.0650. The third-order valence-electron chi connectivity index (χ3n) is 5.27. The fourth-order valence-electron chi connectivity index (χ4n) is 3.55. The molecule has 0 radical (unpaired) electrons. The predicted molar refractivity (Wildman–Crippen MR) is 117 cm³/mol. The summed E-state index contributed by atoms with van der Waals surface area (Å²) in [6.07, 6.45) is 6.09. The topological polar surface area (TPSA) is 32.3 Å². The van der Waals surface area contributed by atoms with Gasteiger partial charge in [0.15, 0.2) is 0 Å². The quantitative estimate of drug-likeness (QED) is 0.727. The van der Waals surface area contributed by atoms with Crippen molar-refractivity contribution in [1.82, 2.24) is 10.2 Å².